The summed E-state index contributed by atoms with van der Waals surface area (Å²) in [5.41, 5.74) is 2.30. The molecule has 0 saturated carbocycles. The van der Waals surface area contributed by atoms with Crippen LogP contribution in [0.2, 0.25) is 0 Å². The monoisotopic (exact) mass is 522 g/mol. The number of aromatic nitrogens is 3. The number of carbonyl (C=O) groups excluding carboxylic acids is 1. The molecule has 2 aliphatic heterocycles. The van der Waals surface area contributed by atoms with Crippen LogP contribution in [0.5, 0.6) is 0 Å². The molecule has 4 heterocycles. The van der Waals surface area contributed by atoms with E-state index in [2.05, 4.69) is 59.2 Å². The highest BCUT2D eigenvalue weighted by atomic mass is 32.2. The van der Waals surface area contributed by atoms with Crippen molar-refractivity contribution in [3.05, 3.63) is 48.0 Å². The number of sulfone groups is 1. The fraction of sp³-hybridized carbons (Fsp3) is 0.481. The second-order valence-corrected chi connectivity index (χ2v) is 13.0. The molecule has 37 heavy (non-hydrogen) atoms. The van der Waals surface area contributed by atoms with E-state index >= 15 is 0 Å². The molecule has 3 atom stereocenters. The first-order valence-electron chi connectivity index (χ1n) is 12.7. The second-order valence-electron chi connectivity index (χ2n) is 10.8. The Kier molecular flexibility index (Phi) is 6.55. The molecule has 0 bridgehead atoms. The highest BCUT2D eigenvalue weighted by molar-refractivity contribution is 7.90. The number of nitrogens with zero attached hydrogens (tertiary/aromatic N) is 5. The number of rotatable bonds is 7. The van der Waals surface area contributed by atoms with Gasteiger partial charge in [0.2, 0.25) is 5.91 Å². The highest BCUT2D eigenvalue weighted by Gasteiger charge is 2.38. The van der Waals surface area contributed by atoms with E-state index in [-0.39, 0.29) is 29.5 Å². The zero-order chi connectivity index (χ0) is 26.5. The van der Waals surface area contributed by atoms with Crippen molar-refractivity contribution in [3.63, 3.8) is 0 Å². The minimum atomic E-state index is -3.01. The topological polar surface area (TPSA) is 108 Å². The largest absolute Gasteiger partial charge is 0.368 e. The first kappa shape index (κ1) is 25.4. The van der Waals surface area contributed by atoms with Crippen molar-refractivity contribution < 1.29 is 13.2 Å². The second kappa shape index (κ2) is 9.55. The molecule has 10 heteroatoms. The fourth-order valence-electron chi connectivity index (χ4n) is 5.46. The molecule has 0 spiro atoms. The number of carbonyl (C=O) groups is 1. The summed E-state index contributed by atoms with van der Waals surface area (Å²) >= 11 is 0. The van der Waals surface area contributed by atoms with Gasteiger partial charge in [0.1, 0.15) is 27.3 Å². The number of hydrogen-bond acceptors (Lipinski definition) is 8. The number of likely N-dealkylation sites (tertiary alicyclic amines) is 1. The molecule has 1 amide bonds. The maximum absolute atomic E-state index is 12.0. The standard InChI is InChI=1S/C27H34N6O3S/c1-16(2)20-6-7-23(33-14-19(17(33)3)15-37(5,35)36)22-12-29-25(11-21(20)22)30-24-8-9-28-27(31-24)18-10-26(34)32(4)13-18/h6-9,11-12,16-19H,10,13-15H2,1-5H3,(H,28,29,30,31)/t17-,18+,19-/m1/s1. The van der Waals surface area contributed by atoms with Crippen LogP contribution < -0.4 is 10.2 Å². The van der Waals surface area contributed by atoms with Gasteiger partial charge < -0.3 is 15.1 Å². The van der Waals surface area contributed by atoms with Crippen LogP contribution >= 0.6 is 0 Å². The summed E-state index contributed by atoms with van der Waals surface area (Å²) in [6.45, 7) is 7.77. The zero-order valence-corrected chi connectivity index (χ0v) is 22.8. The van der Waals surface area contributed by atoms with E-state index in [0.29, 0.717) is 42.9 Å². The Morgan fingerprint density at radius 2 is 1.89 bits per heavy atom. The van der Waals surface area contributed by atoms with Gasteiger partial charge in [0.05, 0.1) is 5.75 Å². The molecule has 2 aliphatic rings. The van der Waals surface area contributed by atoms with Gasteiger partial charge in [0, 0.05) is 74.2 Å². The summed E-state index contributed by atoms with van der Waals surface area (Å²) in [4.78, 5) is 29.7. The van der Waals surface area contributed by atoms with Gasteiger partial charge in [-0.3, -0.25) is 4.79 Å². The van der Waals surface area contributed by atoms with Crippen LogP contribution in [0.3, 0.4) is 0 Å². The van der Waals surface area contributed by atoms with E-state index in [9.17, 15) is 13.2 Å². The zero-order valence-electron chi connectivity index (χ0n) is 22.0. The van der Waals surface area contributed by atoms with Crippen LogP contribution in [0.15, 0.2) is 36.7 Å². The number of nitrogens with one attached hydrogen (secondary N) is 1. The SMILES string of the molecule is CC(C)c1ccc(N2C[C@H](CS(C)(=O)=O)[C@H]2C)c2cnc(Nc3ccnc([C@H]4CC(=O)N(C)C4)n3)cc12. The van der Waals surface area contributed by atoms with E-state index in [1.165, 1.54) is 11.8 Å². The Morgan fingerprint density at radius 3 is 2.54 bits per heavy atom. The van der Waals surface area contributed by atoms with Crippen molar-refractivity contribution in [1.82, 2.24) is 19.9 Å². The smallest absolute Gasteiger partial charge is 0.223 e. The van der Waals surface area contributed by atoms with Crippen molar-refractivity contribution in [1.29, 1.82) is 0 Å². The van der Waals surface area contributed by atoms with Crippen molar-refractivity contribution in [2.24, 2.45) is 5.92 Å². The molecule has 196 valence electrons. The molecule has 1 N–H and O–H groups in total. The van der Waals surface area contributed by atoms with E-state index in [1.807, 2.05) is 6.20 Å². The van der Waals surface area contributed by atoms with Crippen LogP contribution in [-0.4, -0.2) is 72.4 Å². The summed E-state index contributed by atoms with van der Waals surface area (Å²) in [5, 5.41) is 5.49. The van der Waals surface area contributed by atoms with Gasteiger partial charge in [0.25, 0.3) is 0 Å². The van der Waals surface area contributed by atoms with Crippen LogP contribution in [0.4, 0.5) is 17.3 Å². The minimum Gasteiger partial charge on any atom is -0.368 e. The lowest BCUT2D eigenvalue weighted by atomic mass is 9.88. The van der Waals surface area contributed by atoms with Gasteiger partial charge in [-0.25, -0.2) is 23.4 Å². The van der Waals surface area contributed by atoms with Crippen LogP contribution in [0.25, 0.3) is 10.8 Å². The number of hydrogen-bond donors (Lipinski definition) is 1. The van der Waals surface area contributed by atoms with Crippen molar-refractivity contribution in [2.75, 3.05) is 42.4 Å². The number of pyridine rings is 1. The number of amides is 1. The van der Waals surface area contributed by atoms with Gasteiger partial charge in [-0.05, 0) is 42.0 Å². The summed E-state index contributed by atoms with van der Waals surface area (Å²) in [5.74, 6) is 2.74. The van der Waals surface area contributed by atoms with Crippen LogP contribution in [-0.2, 0) is 14.6 Å². The maximum atomic E-state index is 12.0. The lowest BCUT2D eigenvalue weighted by Gasteiger charge is -2.48. The predicted octanol–water partition coefficient (Wildman–Crippen LogP) is 3.71. The van der Waals surface area contributed by atoms with Crippen molar-refractivity contribution >= 4 is 43.8 Å². The summed E-state index contributed by atoms with van der Waals surface area (Å²) in [7, 11) is -1.21. The van der Waals surface area contributed by atoms with Crippen LogP contribution in [0.1, 0.15) is 50.4 Å². The van der Waals surface area contributed by atoms with E-state index in [0.717, 1.165) is 16.5 Å². The van der Waals surface area contributed by atoms with Gasteiger partial charge >= 0.3 is 0 Å². The van der Waals surface area contributed by atoms with Gasteiger partial charge in [0.15, 0.2) is 0 Å². The average molecular weight is 523 g/mol. The molecule has 2 saturated heterocycles. The highest BCUT2D eigenvalue weighted by Crippen LogP contribution is 2.39. The molecular formula is C27H34N6O3S. The maximum Gasteiger partial charge on any atom is 0.223 e. The Hall–Kier alpha value is -3.27. The third kappa shape index (κ3) is 5.12. The molecule has 3 aromatic rings. The van der Waals surface area contributed by atoms with Gasteiger partial charge in [-0.2, -0.15) is 0 Å². The third-order valence-electron chi connectivity index (χ3n) is 7.60. The molecule has 2 aromatic heterocycles. The van der Waals surface area contributed by atoms with Crippen LogP contribution in [0, 0.1) is 5.92 Å². The van der Waals surface area contributed by atoms with Crippen molar-refractivity contribution in [3.8, 4) is 0 Å². The van der Waals surface area contributed by atoms with Gasteiger partial charge in [-0.1, -0.05) is 19.9 Å². The quantitative estimate of drug-likeness (QED) is 0.500. The minimum absolute atomic E-state index is 0.0102. The molecule has 0 unspecified atom stereocenters. The lowest BCUT2D eigenvalue weighted by molar-refractivity contribution is -0.126. The number of anilines is 3. The summed E-state index contributed by atoms with van der Waals surface area (Å²) < 4.78 is 23.6. The Balaban J connectivity index is 1.43. The van der Waals surface area contributed by atoms with Gasteiger partial charge in [-0.15, -0.1) is 0 Å². The number of fused-ring (bicyclic) bond motifs is 1. The molecular weight excluding hydrogens is 488 g/mol. The fourth-order valence-corrected chi connectivity index (χ4v) is 6.62. The normalized spacial score (nSPS) is 22.1. The Labute approximate surface area is 218 Å². The number of likely N-dealkylation sites (N-methyl/N-ethyl adjacent to an activating group) is 1. The first-order valence-corrected chi connectivity index (χ1v) is 14.8. The molecule has 9 nitrogen and oxygen atoms in total. The predicted molar refractivity (Wildman–Crippen MR) is 146 cm³/mol. The van der Waals surface area contributed by atoms with Crippen molar-refractivity contribution in [2.45, 2.75) is 45.1 Å². The third-order valence-corrected chi connectivity index (χ3v) is 8.64. The Morgan fingerprint density at radius 1 is 1.11 bits per heavy atom. The summed E-state index contributed by atoms with van der Waals surface area (Å²) in [6.07, 6.45) is 5.33. The number of benzene rings is 1. The molecule has 5 rings (SSSR count). The lowest BCUT2D eigenvalue weighted by Crippen LogP contribution is -2.57. The molecule has 2 fully saturated rings. The Bertz CT molecular complexity index is 1460. The van der Waals surface area contributed by atoms with E-state index in [4.69, 9.17) is 4.98 Å². The molecule has 0 aliphatic carbocycles. The summed E-state index contributed by atoms with van der Waals surface area (Å²) in [6, 6.07) is 8.30. The first-order chi connectivity index (χ1) is 17.5. The van der Waals surface area contributed by atoms with E-state index < -0.39 is 9.84 Å². The average Bonchev–Trinajstić information content (AvgIpc) is 3.18. The van der Waals surface area contributed by atoms with E-state index in [1.54, 1.807) is 24.2 Å². The molecule has 1 aromatic carbocycles. The molecule has 0 radical (unpaired) electrons.